The van der Waals surface area contributed by atoms with Gasteiger partial charge < -0.3 is 4.90 Å². The molecule has 9 aromatic rings. The molecule has 1 spiro atoms. The number of benzene rings is 9. The van der Waals surface area contributed by atoms with Gasteiger partial charge in [0.25, 0.3) is 0 Å². The highest BCUT2D eigenvalue weighted by molar-refractivity contribution is 6.22. The molecule has 0 fully saturated rings. The second-order valence-corrected chi connectivity index (χ2v) is 15.1. The van der Waals surface area contributed by atoms with Crippen LogP contribution in [0, 0.1) is 5.82 Å². The first-order chi connectivity index (χ1) is 26.6. The molecule has 1 nitrogen and oxygen atoms in total. The fourth-order valence-electron chi connectivity index (χ4n) is 9.88. The first-order valence-corrected chi connectivity index (χ1v) is 18.9. The zero-order chi connectivity index (χ0) is 36.1. The number of nitrogens with zero attached hydrogens (tertiary/aromatic N) is 1. The number of rotatable bonds is 4. The largest absolute Gasteiger partial charge is 0.310 e. The summed E-state index contributed by atoms with van der Waals surface area (Å²) in [5.74, 6) is 0.160. The van der Waals surface area contributed by atoms with E-state index in [0.717, 1.165) is 22.4 Å². The molecule has 2 heteroatoms. The Hall–Kier alpha value is -6.51. The number of halogens is 1. The molecule has 11 rings (SSSR count). The van der Waals surface area contributed by atoms with Crippen molar-refractivity contribution < 1.29 is 4.39 Å². The van der Waals surface area contributed by atoms with Crippen molar-refractivity contribution >= 4 is 49.4 Å². The van der Waals surface area contributed by atoms with Gasteiger partial charge in [0.15, 0.2) is 0 Å². The predicted molar refractivity (Wildman–Crippen MR) is 224 cm³/mol. The smallest absolute Gasteiger partial charge is 0.123 e. The Labute approximate surface area is 314 Å². The summed E-state index contributed by atoms with van der Waals surface area (Å²) >= 11 is 0. The van der Waals surface area contributed by atoms with E-state index in [0.29, 0.717) is 5.92 Å². The van der Waals surface area contributed by atoms with Crippen molar-refractivity contribution in [3.8, 4) is 22.3 Å². The number of anilines is 3. The summed E-state index contributed by atoms with van der Waals surface area (Å²) in [7, 11) is 0. The van der Waals surface area contributed by atoms with Crippen LogP contribution in [0.3, 0.4) is 0 Å². The standard InChI is InChI=1S/C52H36FN/c1-32(2)33-23-27-35(28-24-33)54(36-29-25-34(53)26-30-36)48-31-45-49-42-18-6-3-13-37(42)38-14-4-7-19-43(38)51(49)52(50(45)44-20-8-5-17-41(44)48)46-21-11-9-15-39(46)40-16-10-12-22-47(40)52/h3-32H,1-2H3. The molecule has 0 atom stereocenters. The van der Waals surface area contributed by atoms with Crippen molar-refractivity contribution in [1.29, 1.82) is 0 Å². The summed E-state index contributed by atoms with van der Waals surface area (Å²) in [5, 5.41) is 7.41. The van der Waals surface area contributed by atoms with E-state index in [1.807, 2.05) is 12.1 Å². The van der Waals surface area contributed by atoms with E-state index >= 15 is 0 Å². The van der Waals surface area contributed by atoms with E-state index in [1.165, 1.54) is 77.0 Å². The zero-order valence-corrected chi connectivity index (χ0v) is 30.1. The summed E-state index contributed by atoms with van der Waals surface area (Å²) in [5.41, 5.74) is 14.1. The summed E-state index contributed by atoms with van der Waals surface area (Å²) in [6.07, 6.45) is 0. The van der Waals surface area contributed by atoms with E-state index in [-0.39, 0.29) is 5.82 Å². The topological polar surface area (TPSA) is 3.24 Å². The molecule has 54 heavy (non-hydrogen) atoms. The van der Waals surface area contributed by atoms with Gasteiger partial charge in [-0.05, 0) is 125 Å². The molecule has 0 amide bonds. The second-order valence-electron chi connectivity index (χ2n) is 15.1. The van der Waals surface area contributed by atoms with Crippen LogP contribution in [-0.2, 0) is 5.41 Å². The minimum Gasteiger partial charge on any atom is -0.310 e. The van der Waals surface area contributed by atoms with Gasteiger partial charge in [-0.1, -0.05) is 147 Å². The summed E-state index contributed by atoms with van der Waals surface area (Å²) in [4.78, 5) is 2.32. The molecule has 0 aliphatic heterocycles. The van der Waals surface area contributed by atoms with Gasteiger partial charge in [-0.3, -0.25) is 0 Å². The maximum absolute atomic E-state index is 14.6. The van der Waals surface area contributed by atoms with E-state index in [1.54, 1.807) is 12.1 Å². The quantitative estimate of drug-likeness (QED) is 0.166. The van der Waals surface area contributed by atoms with Gasteiger partial charge in [0.05, 0.1) is 11.1 Å². The van der Waals surface area contributed by atoms with E-state index in [4.69, 9.17) is 0 Å². The third-order valence-corrected chi connectivity index (χ3v) is 12.1. The second kappa shape index (κ2) is 11.5. The predicted octanol–water partition coefficient (Wildman–Crippen LogP) is 14.2. The van der Waals surface area contributed by atoms with Gasteiger partial charge in [0, 0.05) is 16.8 Å². The zero-order valence-electron chi connectivity index (χ0n) is 30.1. The summed E-state index contributed by atoms with van der Waals surface area (Å²) in [6, 6.07) is 63.2. The summed E-state index contributed by atoms with van der Waals surface area (Å²) in [6.45, 7) is 4.45. The molecule has 2 aliphatic carbocycles. The van der Waals surface area contributed by atoms with Crippen molar-refractivity contribution in [3.63, 3.8) is 0 Å². The Balaban J connectivity index is 1.35. The van der Waals surface area contributed by atoms with E-state index in [9.17, 15) is 4.39 Å². The Morgan fingerprint density at radius 1 is 0.444 bits per heavy atom. The van der Waals surface area contributed by atoms with Crippen LogP contribution in [0.5, 0.6) is 0 Å². The monoisotopic (exact) mass is 693 g/mol. The Morgan fingerprint density at radius 3 is 1.50 bits per heavy atom. The molecule has 9 aromatic carbocycles. The van der Waals surface area contributed by atoms with Crippen molar-refractivity contribution in [3.05, 3.63) is 210 Å². The van der Waals surface area contributed by atoms with Crippen molar-refractivity contribution in [2.75, 3.05) is 4.90 Å². The van der Waals surface area contributed by atoms with Crippen LogP contribution in [-0.4, -0.2) is 0 Å². The molecule has 0 unspecified atom stereocenters. The lowest BCUT2D eigenvalue weighted by Crippen LogP contribution is -2.26. The van der Waals surface area contributed by atoms with Crippen LogP contribution in [0.2, 0.25) is 0 Å². The Bertz CT molecular complexity index is 2930. The van der Waals surface area contributed by atoms with Gasteiger partial charge in [0.2, 0.25) is 0 Å². The minimum absolute atomic E-state index is 0.250. The van der Waals surface area contributed by atoms with Crippen molar-refractivity contribution in [1.82, 2.24) is 0 Å². The highest BCUT2D eigenvalue weighted by atomic mass is 19.1. The normalized spacial score (nSPS) is 13.4. The van der Waals surface area contributed by atoms with Crippen LogP contribution in [0.4, 0.5) is 21.5 Å². The van der Waals surface area contributed by atoms with Crippen LogP contribution < -0.4 is 4.90 Å². The van der Waals surface area contributed by atoms with Crippen LogP contribution in [0.15, 0.2) is 176 Å². The van der Waals surface area contributed by atoms with Gasteiger partial charge in [-0.25, -0.2) is 4.39 Å². The molecule has 0 aromatic heterocycles. The fraction of sp³-hybridized carbons (Fsp3) is 0.0769. The molecular weight excluding hydrogens is 658 g/mol. The van der Waals surface area contributed by atoms with Crippen molar-refractivity contribution in [2.24, 2.45) is 0 Å². The lowest BCUT2D eigenvalue weighted by molar-refractivity contribution is 0.628. The number of hydrogen-bond donors (Lipinski definition) is 0. The van der Waals surface area contributed by atoms with Crippen LogP contribution in [0.25, 0.3) is 54.6 Å². The van der Waals surface area contributed by atoms with Gasteiger partial charge in [0.1, 0.15) is 5.82 Å². The Morgan fingerprint density at radius 2 is 0.907 bits per heavy atom. The van der Waals surface area contributed by atoms with E-state index < -0.39 is 5.41 Å². The van der Waals surface area contributed by atoms with Gasteiger partial charge >= 0.3 is 0 Å². The SMILES string of the molecule is CC(C)c1ccc(N(c2ccc(F)cc2)c2cc3c(c4ccccc24)C2(c4ccccc4-c4ccccc42)c2c-3c3ccccc3c3ccccc23)cc1. The molecule has 0 radical (unpaired) electrons. The molecule has 0 saturated carbocycles. The van der Waals surface area contributed by atoms with Crippen molar-refractivity contribution in [2.45, 2.75) is 25.2 Å². The maximum atomic E-state index is 14.6. The molecular formula is C52H36FN. The minimum atomic E-state index is -0.556. The van der Waals surface area contributed by atoms with Crippen LogP contribution in [0.1, 0.15) is 47.6 Å². The lowest BCUT2D eigenvalue weighted by Gasteiger charge is -2.33. The molecule has 2 aliphatic rings. The molecule has 0 saturated heterocycles. The maximum Gasteiger partial charge on any atom is 0.123 e. The third kappa shape index (κ3) is 4.08. The third-order valence-electron chi connectivity index (χ3n) is 12.1. The number of fused-ring (bicyclic) bond motifs is 17. The average molecular weight is 694 g/mol. The average Bonchev–Trinajstić information content (AvgIpc) is 3.70. The molecule has 256 valence electrons. The summed E-state index contributed by atoms with van der Waals surface area (Å²) < 4.78 is 14.6. The fourth-order valence-corrected chi connectivity index (χ4v) is 9.88. The molecule has 0 N–H and O–H groups in total. The first kappa shape index (κ1) is 31.1. The Kier molecular flexibility index (Phi) is 6.61. The van der Waals surface area contributed by atoms with E-state index in [2.05, 4.69) is 170 Å². The molecule has 0 heterocycles. The number of hydrogen-bond acceptors (Lipinski definition) is 1. The first-order valence-electron chi connectivity index (χ1n) is 18.9. The highest BCUT2D eigenvalue weighted by Crippen LogP contribution is 2.67. The van der Waals surface area contributed by atoms with Crippen LogP contribution >= 0.6 is 0 Å². The highest BCUT2D eigenvalue weighted by Gasteiger charge is 2.54. The molecule has 0 bridgehead atoms. The van der Waals surface area contributed by atoms with Gasteiger partial charge in [-0.2, -0.15) is 0 Å². The van der Waals surface area contributed by atoms with Gasteiger partial charge in [-0.15, -0.1) is 0 Å². The lowest BCUT2D eigenvalue weighted by atomic mass is 9.68.